The van der Waals surface area contributed by atoms with Crippen molar-refractivity contribution in [2.75, 3.05) is 23.3 Å². The number of amides is 1. The molecule has 4 aromatic rings. The molecule has 2 N–H and O–H groups in total. The molecular weight excluding hydrogens is 456 g/mol. The van der Waals surface area contributed by atoms with Gasteiger partial charge >= 0.3 is 0 Å². The third kappa shape index (κ3) is 5.49. The van der Waals surface area contributed by atoms with Crippen LogP contribution in [0.15, 0.2) is 60.7 Å². The second-order valence-electron chi connectivity index (χ2n) is 8.29. The Balaban J connectivity index is 1.49. The predicted octanol–water partition coefficient (Wildman–Crippen LogP) is 5.26. The highest BCUT2D eigenvalue weighted by atomic mass is 32.1. The Labute approximate surface area is 211 Å². The molecule has 4 rings (SSSR count). The average Bonchev–Trinajstić information content (AvgIpc) is 3.28. The molecule has 0 saturated heterocycles. The lowest BCUT2D eigenvalue weighted by molar-refractivity contribution is 0.0977. The first-order chi connectivity index (χ1) is 16.9. The van der Waals surface area contributed by atoms with Crippen molar-refractivity contribution in [3.63, 3.8) is 0 Å². The van der Waals surface area contributed by atoms with Gasteiger partial charge in [0.1, 0.15) is 11.0 Å². The number of fused-ring (bicyclic) bond motifs is 1. The lowest BCUT2D eigenvalue weighted by atomic mass is 10.1. The van der Waals surface area contributed by atoms with Crippen LogP contribution in [-0.2, 0) is 6.42 Å². The number of hydrogen-bond donors (Lipinski definition) is 2. The first kappa shape index (κ1) is 24.3. The number of rotatable bonds is 7. The monoisotopic (exact) mass is 486 g/mol. The molecular formula is C27H30N6OS. The molecule has 0 aliphatic rings. The van der Waals surface area contributed by atoms with Crippen molar-refractivity contribution < 1.29 is 4.79 Å². The molecule has 1 heterocycles. The Kier molecular flexibility index (Phi) is 7.41. The molecule has 0 saturated carbocycles. The molecule has 180 valence electrons. The van der Waals surface area contributed by atoms with Crippen LogP contribution in [0.25, 0.3) is 16.7 Å². The van der Waals surface area contributed by atoms with Gasteiger partial charge in [-0.3, -0.25) is 10.1 Å². The maximum atomic E-state index is 12.5. The van der Waals surface area contributed by atoms with Gasteiger partial charge in [-0.2, -0.15) is 4.80 Å². The van der Waals surface area contributed by atoms with E-state index in [1.807, 2.05) is 43.3 Å². The third-order valence-corrected chi connectivity index (χ3v) is 6.24. The fraction of sp³-hybridized carbons (Fsp3) is 0.259. The highest BCUT2D eigenvalue weighted by molar-refractivity contribution is 7.80. The van der Waals surface area contributed by atoms with Crippen LogP contribution in [0.3, 0.4) is 0 Å². The second-order valence-corrected chi connectivity index (χ2v) is 8.70. The van der Waals surface area contributed by atoms with Crippen LogP contribution in [-0.4, -0.2) is 39.1 Å². The molecule has 35 heavy (non-hydrogen) atoms. The summed E-state index contributed by atoms with van der Waals surface area (Å²) >= 11 is 5.39. The molecule has 0 bridgehead atoms. The van der Waals surface area contributed by atoms with Crippen LogP contribution in [0, 0.1) is 6.92 Å². The van der Waals surface area contributed by atoms with E-state index in [2.05, 4.69) is 58.6 Å². The predicted molar refractivity (Wildman–Crippen MR) is 147 cm³/mol. The highest BCUT2D eigenvalue weighted by Crippen LogP contribution is 2.23. The molecule has 0 atom stereocenters. The molecule has 7 nitrogen and oxygen atoms in total. The van der Waals surface area contributed by atoms with Crippen LogP contribution < -0.4 is 15.5 Å². The molecule has 0 aliphatic carbocycles. The number of nitrogens with one attached hydrogen (secondary N) is 2. The number of anilines is 2. The topological polar surface area (TPSA) is 75.1 Å². The van der Waals surface area contributed by atoms with Crippen LogP contribution in [0.5, 0.6) is 0 Å². The zero-order chi connectivity index (χ0) is 24.9. The van der Waals surface area contributed by atoms with Crippen molar-refractivity contribution in [1.29, 1.82) is 0 Å². The van der Waals surface area contributed by atoms with Crippen molar-refractivity contribution >= 4 is 45.6 Å². The summed E-state index contributed by atoms with van der Waals surface area (Å²) in [5.41, 5.74) is 7.05. The number of carbonyl (C=O) groups excluding carboxylic acids is 1. The maximum absolute atomic E-state index is 12.5. The molecule has 0 aliphatic heterocycles. The van der Waals surface area contributed by atoms with Crippen molar-refractivity contribution in [1.82, 2.24) is 20.3 Å². The molecule has 0 radical (unpaired) electrons. The minimum Gasteiger partial charge on any atom is -0.372 e. The van der Waals surface area contributed by atoms with E-state index in [1.165, 1.54) is 11.3 Å². The Morgan fingerprint density at radius 1 is 0.943 bits per heavy atom. The van der Waals surface area contributed by atoms with Gasteiger partial charge in [0.15, 0.2) is 5.11 Å². The number of aromatic nitrogens is 3. The van der Waals surface area contributed by atoms with E-state index in [1.54, 1.807) is 16.9 Å². The van der Waals surface area contributed by atoms with Gasteiger partial charge in [-0.1, -0.05) is 19.1 Å². The molecule has 1 amide bonds. The molecule has 1 aromatic heterocycles. The van der Waals surface area contributed by atoms with Crippen molar-refractivity contribution in [3.05, 3.63) is 77.4 Å². The van der Waals surface area contributed by atoms with Gasteiger partial charge in [-0.25, -0.2) is 0 Å². The Morgan fingerprint density at radius 3 is 2.17 bits per heavy atom. The lowest BCUT2D eigenvalue weighted by Gasteiger charge is -2.20. The molecule has 3 aromatic carbocycles. The Bertz CT molecular complexity index is 1340. The van der Waals surface area contributed by atoms with Gasteiger partial charge in [0, 0.05) is 30.0 Å². The van der Waals surface area contributed by atoms with Gasteiger partial charge in [0.25, 0.3) is 5.91 Å². The fourth-order valence-corrected chi connectivity index (χ4v) is 4.13. The molecule has 0 fully saturated rings. The van der Waals surface area contributed by atoms with E-state index >= 15 is 0 Å². The maximum Gasteiger partial charge on any atom is 0.257 e. The first-order valence-corrected chi connectivity index (χ1v) is 12.3. The minimum atomic E-state index is -0.247. The zero-order valence-corrected chi connectivity index (χ0v) is 21.3. The first-order valence-electron chi connectivity index (χ1n) is 11.9. The molecule has 0 unspecified atom stereocenters. The van der Waals surface area contributed by atoms with Gasteiger partial charge in [0.2, 0.25) is 0 Å². The zero-order valence-electron chi connectivity index (χ0n) is 20.5. The molecule has 8 heteroatoms. The number of thiocarbonyl (C=S) groups is 1. The van der Waals surface area contributed by atoms with E-state index in [0.717, 1.165) is 47.5 Å². The summed E-state index contributed by atoms with van der Waals surface area (Å²) in [6, 6.07) is 19.6. The van der Waals surface area contributed by atoms with Gasteiger partial charge in [0.05, 0.1) is 5.69 Å². The standard InChI is InChI=1S/C27H30N6OS/c1-5-19-8-10-20(11-9-19)26(34)29-27(35)28-23-17-25-24(16-18(23)4)30-33(31-25)22-14-12-21(13-15-22)32(6-2)7-3/h8-17H,5-7H2,1-4H3,(H2,28,29,34,35). The third-order valence-electron chi connectivity index (χ3n) is 6.04. The van der Waals surface area contributed by atoms with E-state index in [9.17, 15) is 4.79 Å². The van der Waals surface area contributed by atoms with Crippen LogP contribution >= 0.6 is 12.2 Å². The number of aryl methyl sites for hydroxylation is 2. The molecule has 0 spiro atoms. The van der Waals surface area contributed by atoms with Crippen LogP contribution in [0.2, 0.25) is 0 Å². The van der Waals surface area contributed by atoms with E-state index in [4.69, 9.17) is 12.2 Å². The van der Waals surface area contributed by atoms with E-state index < -0.39 is 0 Å². The van der Waals surface area contributed by atoms with E-state index in [0.29, 0.717) is 5.56 Å². The minimum absolute atomic E-state index is 0.233. The summed E-state index contributed by atoms with van der Waals surface area (Å²) in [5.74, 6) is -0.247. The fourth-order valence-electron chi connectivity index (χ4n) is 3.92. The van der Waals surface area contributed by atoms with E-state index in [-0.39, 0.29) is 11.0 Å². The summed E-state index contributed by atoms with van der Waals surface area (Å²) in [4.78, 5) is 16.5. The van der Waals surface area contributed by atoms with Gasteiger partial charge in [-0.05, 0) is 99.1 Å². The highest BCUT2D eigenvalue weighted by Gasteiger charge is 2.12. The lowest BCUT2D eigenvalue weighted by Crippen LogP contribution is -2.34. The summed E-state index contributed by atoms with van der Waals surface area (Å²) in [6.07, 6.45) is 0.926. The van der Waals surface area contributed by atoms with Crippen LogP contribution in [0.4, 0.5) is 11.4 Å². The van der Waals surface area contributed by atoms with Gasteiger partial charge < -0.3 is 10.2 Å². The van der Waals surface area contributed by atoms with Gasteiger partial charge in [-0.15, -0.1) is 10.2 Å². The number of hydrogen-bond acceptors (Lipinski definition) is 5. The van der Waals surface area contributed by atoms with Crippen molar-refractivity contribution in [2.24, 2.45) is 0 Å². The normalized spacial score (nSPS) is 10.9. The summed E-state index contributed by atoms with van der Waals surface area (Å²) in [7, 11) is 0. The Morgan fingerprint density at radius 2 is 1.57 bits per heavy atom. The quantitative estimate of drug-likeness (QED) is 0.347. The number of benzene rings is 3. The second kappa shape index (κ2) is 10.7. The number of nitrogens with zero attached hydrogens (tertiary/aromatic N) is 4. The SMILES string of the molecule is CCc1ccc(C(=O)NC(=S)Nc2cc3nn(-c4ccc(N(CC)CC)cc4)nc3cc2C)cc1. The Hall–Kier alpha value is -3.78. The number of carbonyl (C=O) groups is 1. The smallest absolute Gasteiger partial charge is 0.257 e. The van der Waals surface area contributed by atoms with Crippen LogP contribution in [0.1, 0.15) is 42.3 Å². The largest absolute Gasteiger partial charge is 0.372 e. The van der Waals surface area contributed by atoms with Crippen molar-refractivity contribution in [3.8, 4) is 5.69 Å². The summed E-state index contributed by atoms with van der Waals surface area (Å²) in [6.45, 7) is 10.3. The summed E-state index contributed by atoms with van der Waals surface area (Å²) < 4.78 is 0. The average molecular weight is 487 g/mol. The summed E-state index contributed by atoms with van der Waals surface area (Å²) in [5, 5.41) is 15.4. The van der Waals surface area contributed by atoms with Crippen molar-refractivity contribution in [2.45, 2.75) is 34.1 Å².